The molecule has 1 atom stereocenters. The molecule has 0 N–H and O–H groups in total. The summed E-state index contributed by atoms with van der Waals surface area (Å²) in [6.45, 7) is 1.72. The van der Waals surface area contributed by atoms with Gasteiger partial charge in [-0.3, -0.25) is 14.5 Å². The highest BCUT2D eigenvalue weighted by Crippen LogP contribution is 2.27. The van der Waals surface area contributed by atoms with Crippen molar-refractivity contribution in [3.8, 4) is 12.3 Å². The molecule has 0 saturated heterocycles. The van der Waals surface area contributed by atoms with Crippen LogP contribution in [0, 0.1) is 24.0 Å². The quantitative estimate of drug-likeness (QED) is 0.593. The van der Waals surface area contributed by atoms with Crippen LogP contribution in [0.3, 0.4) is 0 Å². The molecular weight excluding hydrogens is 240 g/mol. The number of rotatable bonds is 2. The molecular formula is C13H9F2NO2. The normalized spacial score (nSPS) is 15.6. The van der Waals surface area contributed by atoms with E-state index in [0.717, 1.165) is 17.0 Å². The second-order valence-corrected chi connectivity index (χ2v) is 3.88. The summed E-state index contributed by atoms with van der Waals surface area (Å²) in [5, 5.41) is 0. The summed E-state index contributed by atoms with van der Waals surface area (Å²) in [4.78, 5) is 24.8. The maximum atomic E-state index is 13.1. The summed E-state index contributed by atoms with van der Waals surface area (Å²) in [6, 6.07) is 0.756. The number of benzene rings is 1. The lowest BCUT2D eigenvalue weighted by molar-refractivity contribution is 0.0617. The maximum absolute atomic E-state index is 13.1. The lowest BCUT2D eigenvalue weighted by atomic mass is 10.1. The number of terminal acetylenes is 1. The highest BCUT2D eigenvalue weighted by Gasteiger charge is 2.39. The zero-order valence-corrected chi connectivity index (χ0v) is 9.54. The average Bonchev–Trinajstić information content (AvgIpc) is 2.57. The molecule has 0 aromatic heterocycles. The number of carbonyl (C=O) groups is 2. The Bertz CT molecular complexity index is 548. The Morgan fingerprint density at radius 1 is 1.22 bits per heavy atom. The highest BCUT2D eigenvalue weighted by atomic mass is 19.2. The number of halogens is 2. The summed E-state index contributed by atoms with van der Waals surface area (Å²) in [5.74, 6) is -1.37. The van der Waals surface area contributed by atoms with Crippen molar-refractivity contribution in [3.63, 3.8) is 0 Å². The molecule has 0 fully saturated rings. The van der Waals surface area contributed by atoms with Crippen molar-refractivity contribution in [2.75, 3.05) is 0 Å². The molecule has 0 radical (unpaired) electrons. The van der Waals surface area contributed by atoms with E-state index in [9.17, 15) is 18.4 Å². The van der Waals surface area contributed by atoms with E-state index in [4.69, 9.17) is 6.42 Å². The molecule has 1 aromatic carbocycles. The Hall–Kier alpha value is -2.22. The molecule has 2 amide bonds. The monoisotopic (exact) mass is 249 g/mol. The third-order valence-electron chi connectivity index (χ3n) is 2.85. The van der Waals surface area contributed by atoms with Crippen molar-refractivity contribution >= 4 is 11.8 Å². The van der Waals surface area contributed by atoms with Gasteiger partial charge in [0.05, 0.1) is 11.1 Å². The molecule has 2 rings (SSSR count). The van der Waals surface area contributed by atoms with Crippen LogP contribution >= 0.6 is 0 Å². The SMILES string of the molecule is C#CC(CC)N1C(=O)c2cc(F)c(F)cc2C1=O. The third kappa shape index (κ3) is 1.58. The van der Waals surface area contributed by atoms with Gasteiger partial charge in [0.25, 0.3) is 11.8 Å². The van der Waals surface area contributed by atoms with Gasteiger partial charge in [0.1, 0.15) is 6.04 Å². The minimum atomic E-state index is -1.16. The van der Waals surface area contributed by atoms with Crippen molar-refractivity contribution in [2.45, 2.75) is 19.4 Å². The second kappa shape index (κ2) is 4.22. The van der Waals surface area contributed by atoms with Gasteiger partial charge in [-0.2, -0.15) is 0 Å². The zero-order valence-electron chi connectivity index (χ0n) is 9.54. The molecule has 1 unspecified atom stereocenters. The number of imide groups is 1. The van der Waals surface area contributed by atoms with Crippen molar-refractivity contribution in [2.24, 2.45) is 0 Å². The third-order valence-corrected chi connectivity index (χ3v) is 2.85. The molecule has 1 aliphatic rings. The summed E-state index contributed by atoms with van der Waals surface area (Å²) >= 11 is 0. The van der Waals surface area contributed by atoms with Gasteiger partial charge in [0.15, 0.2) is 11.6 Å². The minimum absolute atomic E-state index is 0.146. The van der Waals surface area contributed by atoms with Crippen LogP contribution < -0.4 is 0 Å². The van der Waals surface area contributed by atoms with Gasteiger partial charge in [-0.05, 0) is 18.6 Å². The van der Waals surface area contributed by atoms with Crippen molar-refractivity contribution < 1.29 is 18.4 Å². The Morgan fingerprint density at radius 3 is 2.00 bits per heavy atom. The number of hydrogen-bond acceptors (Lipinski definition) is 2. The molecule has 0 saturated carbocycles. The summed E-state index contributed by atoms with van der Waals surface area (Å²) < 4.78 is 26.1. The van der Waals surface area contributed by atoms with Crippen LogP contribution in [0.25, 0.3) is 0 Å². The van der Waals surface area contributed by atoms with E-state index in [2.05, 4.69) is 5.92 Å². The van der Waals surface area contributed by atoms with Crippen LogP contribution in [0.2, 0.25) is 0 Å². The Kier molecular flexibility index (Phi) is 2.87. The fourth-order valence-corrected chi connectivity index (χ4v) is 1.91. The molecule has 0 bridgehead atoms. The van der Waals surface area contributed by atoms with Crippen LogP contribution in [-0.2, 0) is 0 Å². The lowest BCUT2D eigenvalue weighted by Gasteiger charge is -2.19. The van der Waals surface area contributed by atoms with Crippen LogP contribution in [0.4, 0.5) is 8.78 Å². The van der Waals surface area contributed by atoms with E-state index in [1.165, 1.54) is 0 Å². The fraction of sp³-hybridized carbons (Fsp3) is 0.231. The largest absolute Gasteiger partial charge is 0.269 e. The highest BCUT2D eigenvalue weighted by molar-refractivity contribution is 6.21. The number of carbonyl (C=O) groups excluding carboxylic acids is 2. The number of hydrogen-bond donors (Lipinski definition) is 0. The number of nitrogens with zero attached hydrogens (tertiary/aromatic N) is 1. The second-order valence-electron chi connectivity index (χ2n) is 3.88. The Balaban J connectivity index is 2.54. The van der Waals surface area contributed by atoms with E-state index in [1.807, 2.05) is 0 Å². The Labute approximate surface area is 102 Å². The van der Waals surface area contributed by atoms with Gasteiger partial charge in [0, 0.05) is 0 Å². The van der Waals surface area contributed by atoms with E-state index >= 15 is 0 Å². The lowest BCUT2D eigenvalue weighted by Crippen LogP contribution is -2.38. The molecule has 1 aromatic rings. The molecule has 18 heavy (non-hydrogen) atoms. The predicted molar refractivity (Wildman–Crippen MR) is 59.8 cm³/mol. The van der Waals surface area contributed by atoms with Crippen molar-refractivity contribution in [1.82, 2.24) is 4.90 Å². The topological polar surface area (TPSA) is 37.4 Å². The van der Waals surface area contributed by atoms with E-state index < -0.39 is 29.5 Å². The molecule has 5 heteroatoms. The van der Waals surface area contributed by atoms with Gasteiger partial charge in [-0.1, -0.05) is 12.8 Å². The van der Waals surface area contributed by atoms with E-state index in [-0.39, 0.29) is 11.1 Å². The molecule has 1 aliphatic heterocycles. The van der Waals surface area contributed by atoms with E-state index in [1.54, 1.807) is 6.92 Å². The zero-order chi connectivity index (χ0) is 13.4. The predicted octanol–water partition coefficient (Wildman–Crippen LogP) is 1.97. The average molecular weight is 249 g/mol. The first-order valence-electron chi connectivity index (χ1n) is 5.34. The first kappa shape index (κ1) is 12.2. The molecule has 0 spiro atoms. The van der Waals surface area contributed by atoms with Gasteiger partial charge in [-0.15, -0.1) is 6.42 Å². The smallest absolute Gasteiger partial charge is 0.262 e. The van der Waals surface area contributed by atoms with E-state index in [0.29, 0.717) is 6.42 Å². The van der Waals surface area contributed by atoms with Gasteiger partial charge >= 0.3 is 0 Å². The number of fused-ring (bicyclic) bond motifs is 1. The standard InChI is InChI=1S/C13H9F2NO2/c1-3-7(4-2)16-12(17)8-5-10(14)11(15)6-9(8)13(16)18/h1,5-7H,4H2,2H3. The molecule has 92 valence electrons. The first-order chi connectivity index (χ1) is 8.51. The fourth-order valence-electron chi connectivity index (χ4n) is 1.91. The van der Waals surface area contributed by atoms with Crippen LogP contribution in [-0.4, -0.2) is 22.8 Å². The van der Waals surface area contributed by atoms with Crippen LogP contribution in [0.15, 0.2) is 12.1 Å². The van der Waals surface area contributed by atoms with Crippen molar-refractivity contribution in [1.29, 1.82) is 0 Å². The minimum Gasteiger partial charge on any atom is -0.269 e. The molecule has 1 heterocycles. The van der Waals surface area contributed by atoms with Crippen LogP contribution in [0.5, 0.6) is 0 Å². The number of amides is 2. The van der Waals surface area contributed by atoms with Gasteiger partial charge in [0.2, 0.25) is 0 Å². The first-order valence-corrected chi connectivity index (χ1v) is 5.34. The van der Waals surface area contributed by atoms with Crippen LogP contribution in [0.1, 0.15) is 34.1 Å². The summed E-state index contributed by atoms with van der Waals surface area (Å²) in [6.07, 6.45) is 5.62. The summed E-state index contributed by atoms with van der Waals surface area (Å²) in [7, 11) is 0. The molecule has 3 nitrogen and oxygen atoms in total. The summed E-state index contributed by atoms with van der Waals surface area (Å²) in [5.41, 5.74) is -0.291. The van der Waals surface area contributed by atoms with Gasteiger partial charge in [-0.25, -0.2) is 8.78 Å². The molecule has 0 aliphatic carbocycles. The van der Waals surface area contributed by atoms with Gasteiger partial charge < -0.3 is 0 Å². The van der Waals surface area contributed by atoms with Crippen molar-refractivity contribution in [3.05, 3.63) is 34.9 Å². The maximum Gasteiger partial charge on any atom is 0.262 e. The Morgan fingerprint density at radius 2 is 1.67 bits per heavy atom.